The van der Waals surface area contributed by atoms with Gasteiger partial charge in [0, 0.05) is 12.3 Å². The molecule has 0 aromatic heterocycles. The molecule has 21 heavy (non-hydrogen) atoms. The predicted octanol–water partition coefficient (Wildman–Crippen LogP) is 4.54. The first-order chi connectivity index (χ1) is 9.43. The molecule has 0 amide bonds. The molecule has 0 aromatic rings. The van der Waals surface area contributed by atoms with Crippen LogP contribution in [-0.4, -0.2) is 36.2 Å². The number of nitrogens with one attached hydrogen (secondary N) is 1. The number of halogens is 6. The van der Waals surface area contributed by atoms with Gasteiger partial charge in [0.2, 0.25) is 0 Å². The molecule has 11 heteroatoms. The van der Waals surface area contributed by atoms with Gasteiger partial charge in [-0.15, -0.1) is 0 Å². The standard InChI is InChI=1S/C10H16F6NO2PS/c1-3-5-21-20(18,17-4-2)19-7-6-8(11,12)10(15,16)9(7,13)14/h7H,3-6H2,1-2H3,(H,17,18). The van der Waals surface area contributed by atoms with Gasteiger partial charge in [-0.25, -0.2) is 5.09 Å². The van der Waals surface area contributed by atoms with Crippen molar-refractivity contribution in [1.29, 1.82) is 0 Å². The molecule has 1 aliphatic carbocycles. The van der Waals surface area contributed by atoms with Crippen LogP contribution in [0.25, 0.3) is 0 Å². The van der Waals surface area contributed by atoms with E-state index in [4.69, 9.17) is 0 Å². The third-order valence-electron chi connectivity index (χ3n) is 2.81. The fraction of sp³-hybridized carbons (Fsp3) is 1.00. The van der Waals surface area contributed by atoms with Gasteiger partial charge in [-0.05, 0) is 6.42 Å². The van der Waals surface area contributed by atoms with Crippen LogP contribution in [0.3, 0.4) is 0 Å². The van der Waals surface area contributed by atoms with E-state index in [0.29, 0.717) is 17.8 Å². The maximum absolute atomic E-state index is 13.5. The van der Waals surface area contributed by atoms with Crippen LogP contribution in [-0.2, 0) is 9.09 Å². The van der Waals surface area contributed by atoms with E-state index < -0.39 is 37.0 Å². The largest absolute Gasteiger partial charge is 0.374 e. The first-order valence-electron chi connectivity index (χ1n) is 6.25. The van der Waals surface area contributed by atoms with Gasteiger partial charge in [0.15, 0.2) is 0 Å². The zero-order valence-corrected chi connectivity index (χ0v) is 13.1. The van der Waals surface area contributed by atoms with Crippen molar-refractivity contribution in [2.75, 3.05) is 12.3 Å². The lowest BCUT2D eigenvalue weighted by Gasteiger charge is -2.27. The maximum atomic E-state index is 13.5. The molecular formula is C10H16F6NO2PS. The third kappa shape index (κ3) is 3.54. The van der Waals surface area contributed by atoms with Crippen molar-refractivity contribution in [3.8, 4) is 0 Å². The lowest BCUT2D eigenvalue weighted by molar-refractivity contribution is -0.279. The topological polar surface area (TPSA) is 38.3 Å². The summed E-state index contributed by atoms with van der Waals surface area (Å²) in [6.45, 7) is -0.687. The summed E-state index contributed by atoms with van der Waals surface area (Å²) in [5.74, 6) is -15.3. The fourth-order valence-electron chi connectivity index (χ4n) is 1.72. The van der Waals surface area contributed by atoms with Crippen LogP contribution in [0, 0.1) is 0 Å². The molecule has 1 N–H and O–H groups in total. The van der Waals surface area contributed by atoms with Gasteiger partial charge < -0.3 is 0 Å². The Balaban J connectivity index is 2.97. The van der Waals surface area contributed by atoms with Gasteiger partial charge in [-0.2, -0.15) is 26.3 Å². The van der Waals surface area contributed by atoms with Crippen molar-refractivity contribution in [3.05, 3.63) is 0 Å². The lowest BCUT2D eigenvalue weighted by Crippen LogP contribution is -2.49. The summed E-state index contributed by atoms with van der Waals surface area (Å²) in [7, 11) is 0. The Kier molecular flexibility index (Phi) is 5.73. The van der Waals surface area contributed by atoms with Crippen LogP contribution in [0.15, 0.2) is 0 Å². The van der Waals surface area contributed by atoms with E-state index in [9.17, 15) is 30.9 Å². The van der Waals surface area contributed by atoms with E-state index >= 15 is 0 Å². The lowest BCUT2D eigenvalue weighted by atomic mass is 10.2. The van der Waals surface area contributed by atoms with Crippen molar-refractivity contribution < 1.29 is 35.4 Å². The Labute approximate surface area is 122 Å². The van der Waals surface area contributed by atoms with Gasteiger partial charge in [0.1, 0.15) is 6.10 Å². The summed E-state index contributed by atoms with van der Waals surface area (Å²) in [6.07, 6.45) is -4.16. The van der Waals surface area contributed by atoms with Crippen molar-refractivity contribution in [3.63, 3.8) is 0 Å². The summed E-state index contributed by atoms with van der Waals surface area (Å²) in [6, 6.07) is 0. The van der Waals surface area contributed by atoms with Gasteiger partial charge in [0.25, 0.3) is 0 Å². The van der Waals surface area contributed by atoms with Gasteiger partial charge in [-0.3, -0.25) is 9.09 Å². The summed E-state index contributed by atoms with van der Waals surface area (Å²) < 4.78 is 95.9. The van der Waals surface area contributed by atoms with Crippen LogP contribution >= 0.6 is 18.1 Å². The first kappa shape index (κ1) is 19.1. The Morgan fingerprint density at radius 2 is 1.81 bits per heavy atom. The van der Waals surface area contributed by atoms with E-state index in [1.807, 2.05) is 0 Å². The second-order valence-corrected chi connectivity index (χ2v) is 8.95. The molecule has 1 aliphatic rings. The van der Waals surface area contributed by atoms with Gasteiger partial charge >= 0.3 is 24.5 Å². The highest BCUT2D eigenvalue weighted by molar-refractivity contribution is 8.56. The Bertz CT molecular complexity index is 422. The Morgan fingerprint density at radius 1 is 1.24 bits per heavy atom. The SMILES string of the molecule is CCCSP(=O)(NCC)OC1CC(F)(F)C(F)(F)C1(F)F. The average Bonchev–Trinajstić information content (AvgIpc) is 2.45. The number of alkyl halides is 6. The molecular weight excluding hydrogens is 343 g/mol. The van der Waals surface area contributed by atoms with E-state index in [0.717, 1.165) is 0 Å². The minimum Gasteiger partial charge on any atom is -0.300 e. The van der Waals surface area contributed by atoms with Crippen LogP contribution < -0.4 is 5.09 Å². The summed E-state index contributed by atoms with van der Waals surface area (Å²) in [4.78, 5) is 0. The minimum atomic E-state index is -5.53. The van der Waals surface area contributed by atoms with Crippen molar-refractivity contribution in [1.82, 2.24) is 5.09 Å². The number of rotatable bonds is 7. The minimum absolute atomic E-state index is 0.0546. The van der Waals surface area contributed by atoms with Crippen LogP contribution in [0.4, 0.5) is 26.3 Å². The van der Waals surface area contributed by atoms with E-state index in [-0.39, 0.29) is 12.3 Å². The van der Waals surface area contributed by atoms with E-state index in [1.54, 1.807) is 6.92 Å². The molecule has 0 aromatic carbocycles. The van der Waals surface area contributed by atoms with Crippen molar-refractivity contribution in [2.24, 2.45) is 0 Å². The zero-order valence-electron chi connectivity index (χ0n) is 11.3. The molecule has 0 saturated heterocycles. The number of hydrogen-bond acceptors (Lipinski definition) is 3. The molecule has 3 nitrogen and oxygen atoms in total. The van der Waals surface area contributed by atoms with Gasteiger partial charge in [-0.1, -0.05) is 25.2 Å². The number of hydrogen-bond donors (Lipinski definition) is 1. The normalized spacial score (nSPS) is 29.2. The molecule has 126 valence electrons. The second-order valence-electron chi connectivity index (χ2n) is 4.54. The molecule has 1 rings (SSSR count). The molecule has 0 aliphatic heterocycles. The van der Waals surface area contributed by atoms with Crippen LogP contribution in [0.5, 0.6) is 0 Å². The highest BCUT2D eigenvalue weighted by atomic mass is 32.7. The quantitative estimate of drug-likeness (QED) is 0.535. The molecule has 0 radical (unpaired) electrons. The summed E-state index contributed by atoms with van der Waals surface area (Å²) in [5, 5.41) is 2.29. The monoisotopic (exact) mass is 359 g/mol. The molecule has 1 fully saturated rings. The summed E-state index contributed by atoms with van der Waals surface area (Å²) in [5.41, 5.74) is 0. The highest BCUT2D eigenvalue weighted by Gasteiger charge is 2.81. The first-order valence-corrected chi connectivity index (χ1v) is 9.46. The Morgan fingerprint density at radius 3 is 2.19 bits per heavy atom. The zero-order chi connectivity index (χ0) is 16.5. The molecule has 2 unspecified atom stereocenters. The predicted molar refractivity (Wildman–Crippen MR) is 68.4 cm³/mol. The molecule has 1 saturated carbocycles. The fourth-order valence-corrected chi connectivity index (χ4v) is 5.73. The van der Waals surface area contributed by atoms with E-state index in [1.165, 1.54) is 6.92 Å². The van der Waals surface area contributed by atoms with Crippen LogP contribution in [0.2, 0.25) is 0 Å². The molecule has 2 atom stereocenters. The van der Waals surface area contributed by atoms with Crippen LogP contribution in [0.1, 0.15) is 26.7 Å². The molecule has 0 bridgehead atoms. The van der Waals surface area contributed by atoms with Crippen molar-refractivity contribution >= 4 is 18.1 Å². The van der Waals surface area contributed by atoms with Crippen molar-refractivity contribution in [2.45, 2.75) is 50.6 Å². The summed E-state index contributed by atoms with van der Waals surface area (Å²) >= 11 is 0.635. The maximum Gasteiger partial charge on any atom is 0.374 e. The Hall–Kier alpha value is 0.0800. The molecule has 0 spiro atoms. The molecule has 0 heterocycles. The average molecular weight is 359 g/mol. The second kappa shape index (κ2) is 6.29. The smallest absolute Gasteiger partial charge is 0.300 e. The van der Waals surface area contributed by atoms with Gasteiger partial charge in [0.05, 0.1) is 6.42 Å². The third-order valence-corrected chi connectivity index (χ3v) is 7.19. The highest BCUT2D eigenvalue weighted by Crippen LogP contribution is 2.64. The van der Waals surface area contributed by atoms with E-state index in [2.05, 4.69) is 9.61 Å².